The molecule has 0 bridgehead atoms. The number of hydrogen-bond donors (Lipinski definition) is 0. The first kappa shape index (κ1) is 7.64. The van der Waals surface area contributed by atoms with Crippen molar-refractivity contribution in [2.75, 3.05) is 0 Å². The van der Waals surface area contributed by atoms with Gasteiger partial charge in [0.25, 0.3) is 0 Å². The molecule has 1 rings (SSSR count). The standard InChI is InChI=1S/C6H11Cl2N/c7-9(8)6-4-2-1-3-5-6/h6H,1-5H2. The highest BCUT2D eigenvalue weighted by Crippen LogP contribution is 2.24. The van der Waals surface area contributed by atoms with Gasteiger partial charge in [0.05, 0.1) is 0 Å². The molecular formula is C6H11Cl2N. The Bertz CT molecular complexity index is 79.1. The third kappa shape index (κ3) is 2.32. The van der Waals surface area contributed by atoms with Crippen molar-refractivity contribution in [2.24, 2.45) is 0 Å². The van der Waals surface area contributed by atoms with Crippen molar-refractivity contribution in [3.8, 4) is 0 Å². The van der Waals surface area contributed by atoms with Crippen molar-refractivity contribution >= 4 is 23.6 Å². The molecule has 1 fully saturated rings. The molecule has 1 aliphatic carbocycles. The van der Waals surface area contributed by atoms with Crippen LogP contribution in [0.4, 0.5) is 0 Å². The van der Waals surface area contributed by atoms with Crippen LogP contribution in [0.25, 0.3) is 0 Å². The van der Waals surface area contributed by atoms with Gasteiger partial charge >= 0.3 is 0 Å². The molecule has 0 atom stereocenters. The molecule has 3 heteroatoms. The van der Waals surface area contributed by atoms with Gasteiger partial charge in [0, 0.05) is 6.04 Å². The van der Waals surface area contributed by atoms with Crippen LogP contribution in [0.2, 0.25) is 0 Å². The van der Waals surface area contributed by atoms with Gasteiger partial charge in [-0.05, 0) is 36.4 Å². The number of halogens is 2. The van der Waals surface area contributed by atoms with Gasteiger partial charge in [-0.25, -0.2) is 0 Å². The molecular weight excluding hydrogens is 157 g/mol. The molecule has 54 valence electrons. The lowest BCUT2D eigenvalue weighted by atomic mass is 9.96. The second-order valence-corrected chi connectivity index (χ2v) is 3.45. The molecule has 0 aliphatic heterocycles. The van der Waals surface area contributed by atoms with E-state index in [-0.39, 0.29) is 0 Å². The Hall–Kier alpha value is 0.540. The van der Waals surface area contributed by atoms with E-state index in [1.54, 1.807) is 0 Å². The summed E-state index contributed by atoms with van der Waals surface area (Å²) in [5.74, 6) is 0. The van der Waals surface area contributed by atoms with Crippen LogP contribution >= 0.6 is 23.6 Å². The molecule has 0 radical (unpaired) electrons. The zero-order valence-electron chi connectivity index (χ0n) is 5.32. The van der Waals surface area contributed by atoms with E-state index < -0.39 is 0 Å². The fourth-order valence-electron chi connectivity index (χ4n) is 1.28. The van der Waals surface area contributed by atoms with Gasteiger partial charge in [-0.15, -0.1) is 3.94 Å². The van der Waals surface area contributed by atoms with E-state index >= 15 is 0 Å². The second kappa shape index (κ2) is 3.65. The van der Waals surface area contributed by atoms with E-state index in [1.165, 1.54) is 23.2 Å². The van der Waals surface area contributed by atoms with Crippen LogP contribution < -0.4 is 0 Å². The molecule has 9 heavy (non-hydrogen) atoms. The zero-order chi connectivity index (χ0) is 6.69. The molecule has 0 unspecified atom stereocenters. The normalized spacial score (nSPS) is 23.0. The number of nitrogens with zero attached hydrogens (tertiary/aromatic N) is 1. The maximum Gasteiger partial charge on any atom is 0.0416 e. The summed E-state index contributed by atoms with van der Waals surface area (Å²) in [5.41, 5.74) is 0. The predicted molar refractivity (Wildman–Crippen MR) is 40.4 cm³/mol. The van der Waals surface area contributed by atoms with Gasteiger partial charge in [0.2, 0.25) is 0 Å². The third-order valence-electron chi connectivity index (χ3n) is 1.85. The third-order valence-corrected chi connectivity index (χ3v) is 2.40. The van der Waals surface area contributed by atoms with E-state index in [4.69, 9.17) is 23.6 Å². The minimum absolute atomic E-state index is 0.419. The minimum Gasteiger partial charge on any atom is -0.129 e. The Kier molecular flexibility index (Phi) is 3.10. The summed E-state index contributed by atoms with van der Waals surface area (Å²) in [7, 11) is 0. The van der Waals surface area contributed by atoms with Gasteiger partial charge in [-0.3, -0.25) is 0 Å². The van der Waals surface area contributed by atoms with Crippen LogP contribution in [-0.4, -0.2) is 9.98 Å². The van der Waals surface area contributed by atoms with Crippen molar-refractivity contribution in [3.63, 3.8) is 0 Å². The number of rotatable bonds is 1. The van der Waals surface area contributed by atoms with Gasteiger partial charge in [-0.1, -0.05) is 19.3 Å². The van der Waals surface area contributed by atoms with Gasteiger partial charge in [0.1, 0.15) is 0 Å². The zero-order valence-corrected chi connectivity index (χ0v) is 6.83. The monoisotopic (exact) mass is 167 g/mol. The van der Waals surface area contributed by atoms with E-state index in [1.807, 2.05) is 0 Å². The average molecular weight is 168 g/mol. The Balaban J connectivity index is 2.23. The smallest absolute Gasteiger partial charge is 0.0416 e. The molecule has 0 saturated heterocycles. The average Bonchev–Trinajstić information content (AvgIpc) is 1.90. The fraction of sp³-hybridized carbons (Fsp3) is 1.00. The number of hydrogen-bond acceptors (Lipinski definition) is 1. The van der Waals surface area contributed by atoms with Crippen LogP contribution in [0.5, 0.6) is 0 Å². The Morgan fingerprint density at radius 1 is 1.00 bits per heavy atom. The van der Waals surface area contributed by atoms with E-state index in [9.17, 15) is 0 Å². The Morgan fingerprint density at radius 2 is 1.56 bits per heavy atom. The SMILES string of the molecule is ClN(Cl)C1CCCCC1. The van der Waals surface area contributed by atoms with Crippen LogP contribution in [0.3, 0.4) is 0 Å². The molecule has 0 spiro atoms. The van der Waals surface area contributed by atoms with Crippen molar-refractivity contribution in [2.45, 2.75) is 38.1 Å². The lowest BCUT2D eigenvalue weighted by molar-refractivity contribution is 0.350. The maximum absolute atomic E-state index is 5.56. The molecule has 0 amide bonds. The largest absolute Gasteiger partial charge is 0.129 e. The van der Waals surface area contributed by atoms with Gasteiger partial charge < -0.3 is 0 Å². The quantitative estimate of drug-likeness (QED) is 0.544. The second-order valence-electron chi connectivity index (χ2n) is 2.55. The predicted octanol–water partition coefficient (Wildman–Crippen LogP) is 2.93. The van der Waals surface area contributed by atoms with Crippen molar-refractivity contribution in [1.82, 2.24) is 3.94 Å². The Labute approximate surface area is 66.1 Å². The van der Waals surface area contributed by atoms with Crippen LogP contribution in [-0.2, 0) is 0 Å². The molecule has 0 aromatic heterocycles. The van der Waals surface area contributed by atoms with Gasteiger partial charge in [-0.2, -0.15) is 0 Å². The highest BCUT2D eigenvalue weighted by atomic mass is 35.5. The van der Waals surface area contributed by atoms with E-state index in [0.29, 0.717) is 6.04 Å². The maximum atomic E-state index is 5.56. The minimum atomic E-state index is 0.419. The molecule has 1 saturated carbocycles. The first-order chi connectivity index (χ1) is 4.30. The van der Waals surface area contributed by atoms with Crippen LogP contribution in [0.1, 0.15) is 32.1 Å². The van der Waals surface area contributed by atoms with Crippen molar-refractivity contribution in [1.29, 1.82) is 0 Å². The van der Waals surface area contributed by atoms with Crippen molar-refractivity contribution < 1.29 is 0 Å². The molecule has 0 heterocycles. The van der Waals surface area contributed by atoms with E-state index in [2.05, 4.69) is 0 Å². The van der Waals surface area contributed by atoms with Crippen molar-refractivity contribution in [3.05, 3.63) is 0 Å². The Morgan fingerprint density at radius 3 is 1.89 bits per heavy atom. The van der Waals surface area contributed by atoms with Crippen LogP contribution in [0, 0.1) is 0 Å². The lowest BCUT2D eigenvalue weighted by Gasteiger charge is -2.23. The molecule has 1 aliphatic rings. The fourth-order valence-corrected chi connectivity index (χ4v) is 1.67. The molecule has 0 aromatic carbocycles. The summed E-state index contributed by atoms with van der Waals surface area (Å²) >= 11 is 11.1. The van der Waals surface area contributed by atoms with Gasteiger partial charge in [0.15, 0.2) is 0 Å². The lowest BCUT2D eigenvalue weighted by Crippen LogP contribution is -2.21. The topological polar surface area (TPSA) is 3.24 Å². The van der Waals surface area contributed by atoms with Crippen LogP contribution in [0.15, 0.2) is 0 Å². The van der Waals surface area contributed by atoms with E-state index in [0.717, 1.165) is 12.8 Å². The first-order valence-electron chi connectivity index (χ1n) is 3.41. The highest BCUT2D eigenvalue weighted by Gasteiger charge is 2.17. The highest BCUT2D eigenvalue weighted by molar-refractivity contribution is 6.33. The molecule has 0 aromatic rings. The summed E-state index contributed by atoms with van der Waals surface area (Å²) in [6.45, 7) is 0. The molecule has 1 nitrogen and oxygen atoms in total. The summed E-state index contributed by atoms with van der Waals surface area (Å²) in [5, 5.41) is 0. The summed E-state index contributed by atoms with van der Waals surface area (Å²) in [4.78, 5) is 0. The summed E-state index contributed by atoms with van der Waals surface area (Å²) < 4.78 is 1.30. The molecule has 0 N–H and O–H groups in total. The summed E-state index contributed by atoms with van der Waals surface area (Å²) in [6.07, 6.45) is 6.22. The first-order valence-corrected chi connectivity index (χ1v) is 4.09. The summed E-state index contributed by atoms with van der Waals surface area (Å²) in [6, 6.07) is 0.419.